The Balaban J connectivity index is 1.88. The molecule has 3 heterocycles. The first-order chi connectivity index (χ1) is 12.3. The van der Waals surface area contributed by atoms with E-state index in [4.69, 9.17) is 4.42 Å². The number of hydrogen-bond acceptors (Lipinski definition) is 4. The molecule has 0 unspecified atom stereocenters. The van der Waals surface area contributed by atoms with E-state index in [1.165, 1.54) is 11.2 Å². The summed E-state index contributed by atoms with van der Waals surface area (Å²) in [6.07, 6.45) is 1.82. The van der Waals surface area contributed by atoms with Crippen molar-refractivity contribution >= 4 is 17.8 Å². The molecule has 2 aliphatic heterocycles. The molecule has 1 atom stereocenters. The van der Waals surface area contributed by atoms with Crippen LogP contribution in [0, 0.1) is 5.41 Å². The lowest BCUT2D eigenvalue weighted by Gasteiger charge is -2.34. The quantitative estimate of drug-likeness (QED) is 0.785. The van der Waals surface area contributed by atoms with E-state index >= 15 is 0 Å². The Morgan fingerprint density at radius 3 is 2.46 bits per heavy atom. The zero-order valence-corrected chi connectivity index (χ0v) is 15.6. The zero-order valence-electron chi connectivity index (χ0n) is 15.6. The van der Waals surface area contributed by atoms with E-state index in [9.17, 15) is 14.4 Å². The van der Waals surface area contributed by atoms with Crippen molar-refractivity contribution < 1.29 is 18.8 Å². The van der Waals surface area contributed by atoms with Crippen LogP contribution in [0.25, 0.3) is 0 Å². The van der Waals surface area contributed by atoms with Crippen molar-refractivity contribution in [3.8, 4) is 0 Å². The first-order valence-corrected chi connectivity index (χ1v) is 8.92. The average molecular weight is 362 g/mol. The van der Waals surface area contributed by atoms with Gasteiger partial charge >= 0.3 is 6.03 Å². The fourth-order valence-electron chi connectivity index (χ4n) is 3.92. The number of nitrogens with zero attached hydrogens (tertiary/aromatic N) is 4. The third-order valence-electron chi connectivity index (χ3n) is 5.15. The molecule has 3 rings (SSSR count). The van der Waals surface area contributed by atoms with Crippen molar-refractivity contribution in [2.24, 2.45) is 5.41 Å². The smallest absolute Gasteiger partial charge is 0.319 e. The van der Waals surface area contributed by atoms with Crippen molar-refractivity contribution in [2.75, 3.05) is 53.4 Å². The van der Waals surface area contributed by atoms with Crippen LogP contribution in [0.4, 0.5) is 4.79 Å². The van der Waals surface area contributed by atoms with Gasteiger partial charge in [-0.25, -0.2) is 4.79 Å². The molecule has 26 heavy (non-hydrogen) atoms. The van der Waals surface area contributed by atoms with Crippen molar-refractivity contribution in [2.45, 2.75) is 13.3 Å². The van der Waals surface area contributed by atoms with Gasteiger partial charge in [0, 0.05) is 65.2 Å². The Morgan fingerprint density at radius 2 is 1.88 bits per heavy atom. The molecule has 2 fully saturated rings. The minimum absolute atomic E-state index is 0.0806. The van der Waals surface area contributed by atoms with Gasteiger partial charge in [-0.1, -0.05) is 0 Å². The summed E-state index contributed by atoms with van der Waals surface area (Å²) < 4.78 is 5.26. The average Bonchev–Trinajstić information content (AvgIpc) is 3.19. The van der Waals surface area contributed by atoms with E-state index in [0.29, 0.717) is 45.7 Å². The topological polar surface area (TPSA) is 77.3 Å². The lowest BCUT2D eigenvalue weighted by atomic mass is 9.86. The van der Waals surface area contributed by atoms with Crippen LogP contribution in [-0.4, -0.2) is 90.8 Å². The molecule has 0 N–H and O–H groups in total. The second-order valence-electron chi connectivity index (χ2n) is 7.39. The highest BCUT2D eigenvalue weighted by molar-refractivity contribution is 5.91. The highest BCUT2D eigenvalue weighted by Gasteiger charge is 2.48. The van der Waals surface area contributed by atoms with Crippen molar-refractivity contribution in [1.29, 1.82) is 0 Å². The fraction of sp³-hybridized carbons (Fsp3) is 0.611. The van der Waals surface area contributed by atoms with Crippen LogP contribution in [-0.2, 0) is 4.79 Å². The van der Waals surface area contributed by atoms with E-state index in [1.54, 1.807) is 40.9 Å². The van der Waals surface area contributed by atoms with E-state index in [0.717, 1.165) is 0 Å². The van der Waals surface area contributed by atoms with Gasteiger partial charge in [-0.15, -0.1) is 0 Å². The summed E-state index contributed by atoms with van der Waals surface area (Å²) >= 11 is 0. The largest absolute Gasteiger partial charge is 0.459 e. The number of hydrogen-bond donors (Lipinski definition) is 0. The summed E-state index contributed by atoms with van der Waals surface area (Å²) in [6.45, 7) is 4.89. The second-order valence-corrected chi connectivity index (χ2v) is 7.39. The molecule has 1 aromatic heterocycles. The fourth-order valence-corrected chi connectivity index (χ4v) is 3.92. The third-order valence-corrected chi connectivity index (χ3v) is 5.15. The molecule has 0 saturated carbocycles. The van der Waals surface area contributed by atoms with Gasteiger partial charge < -0.3 is 24.0 Å². The van der Waals surface area contributed by atoms with Crippen LogP contribution in [0.2, 0.25) is 0 Å². The van der Waals surface area contributed by atoms with Gasteiger partial charge in [0.05, 0.1) is 6.26 Å². The number of carbonyl (C=O) groups is 3. The third kappa shape index (κ3) is 3.40. The van der Waals surface area contributed by atoms with Crippen LogP contribution in [0.3, 0.4) is 0 Å². The van der Waals surface area contributed by atoms with E-state index in [-0.39, 0.29) is 23.6 Å². The summed E-state index contributed by atoms with van der Waals surface area (Å²) in [7, 11) is 3.42. The predicted molar refractivity (Wildman–Crippen MR) is 94.6 cm³/mol. The molecule has 0 bridgehead atoms. The van der Waals surface area contributed by atoms with Crippen molar-refractivity contribution in [3.05, 3.63) is 24.2 Å². The molecule has 4 amide bonds. The number of rotatable bonds is 2. The molecule has 2 saturated heterocycles. The summed E-state index contributed by atoms with van der Waals surface area (Å²) in [6, 6.07) is 3.22. The second kappa shape index (κ2) is 7.01. The Morgan fingerprint density at radius 1 is 1.19 bits per heavy atom. The van der Waals surface area contributed by atoms with Crippen LogP contribution < -0.4 is 0 Å². The molecule has 1 spiro atoms. The van der Waals surface area contributed by atoms with Gasteiger partial charge in [0.1, 0.15) is 0 Å². The molecule has 142 valence electrons. The van der Waals surface area contributed by atoms with Crippen molar-refractivity contribution in [3.63, 3.8) is 0 Å². The summed E-state index contributed by atoms with van der Waals surface area (Å²) in [5.74, 6) is 0.164. The summed E-state index contributed by atoms with van der Waals surface area (Å²) in [5, 5.41) is 0. The first-order valence-electron chi connectivity index (χ1n) is 8.92. The zero-order chi connectivity index (χ0) is 18.9. The SMILES string of the molecule is CCN1C[C@]2(CC1=O)CN(C(=O)c1ccco1)CCN(C(=O)N(C)C)C2. The standard InChI is InChI=1S/C18H26N4O4/c1-4-20-11-18(10-15(20)23)12-21(16(24)14-6-5-9-26-14)7-8-22(13-18)17(25)19(2)3/h5-6,9H,4,7-8,10-13H2,1-3H3/t18-/m1/s1. The van der Waals surface area contributed by atoms with Crippen LogP contribution in [0.1, 0.15) is 23.9 Å². The van der Waals surface area contributed by atoms with Gasteiger partial charge in [0.2, 0.25) is 5.91 Å². The first kappa shape index (κ1) is 18.3. The normalized spacial score (nSPS) is 23.5. The lowest BCUT2D eigenvalue weighted by Crippen LogP contribution is -2.47. The summed E-state index contributed by atoms with van der Waals surface area (Å²) in [5.41, 5.74) is -0.447. The monoisotopic (exact) mass is 362 g/mol. The highest BCUT2D eigenvalue weighted by atomic mass is 16.3. The highest BCUT2D eigenvalue weighted by Crippen LogP contribution is 2.35. The van der Waals surface area contributed by atoms with Crippen LogP contribution in [0.15, 0.2) is 22.8 Å². The minimum atomic E-state index is -0.447. The molecule has 8 heteroatoms. The Hall–Kier alpha value is -2.51. The number of carbonyl (C=O) groups excluding carboxylic acids is 3. The molecule has 0 radical (unpaired) electrons. The molecule has 8 nitrogen and oxygen atoms in total. The van der Waals surface area contributed by atoms with Gasteiger partial charge in [-0.3, -0.25) is 9.59 Å². The molecule has 0 aromatic carbocycles. The summed E-state index contributed by atoms with van der Waals surface area (Å²) in [4.78, 5) is 44.6. The maximum absolute atomic E-state index is 12.8. The molecular formula is C18H26N4O4. The van der Waals surface area contributed by atoms with Gasteiger partial charge in [0.15, 0.2) is 5.76 Å². The van der Waals surface area contributed by atoms with Gasteiger partial charge in [-0.2, -0.15) is 0 Å². The van der Waals surface area contributed by atoms with Crippen LogP contribution >= 0.6 is 0 Å². The minimum Gasteiger partial charge on any atom is -0.459 e. The number of likely N-dealkylation sites (tertiary alicyclic amines) is 1. The maximum atomic E-state index is 12.8. The van der Waals surface area contributed by atoms with Gasteiger partial charge in [0.25, 0.3) is 5.91 Å². The Kier molecular flexibility index (Phi) is 4.93. The van der Waals surface area contributed by atoms with Crippen molar-refractivity contribution in [1.82, 2.24) is 19.6 Å². The maximum Gasteiger partial charge on any atom is 0.319 e. The molecule has 0 aliphatic carbocycles. The molecule has 1 aromatic rings. The van der Waals surface area contributed by atoms with E-state index < -0.39 is 5.41 Å². The predicted octanol–water partition coefficient (Wildman–Crippen LogP) is 0.958. The molecular weight excluding hydrogens is 336 g/mol. The Labute approximate surface area is 153 Å². The van der Waals surface area contributed by atoms with E-state index in [1.807, 2.05) is 6.92 Å². The number of amides is 4. The number of furan rings is 1. The Bertz CT molecular complexity index is 687. The van der Waals surface area contributed by atoms with Gasteiger partial charge in [-0.05, 0) is 19.1 Å². The van der Waals surface area contributed by atoms with Crippen LogP contribution in [0.5, 0.6) is 0 Å². The number of urea groups is 1. The molecule has 2 aliphatic rings. The van der Waals surface area contributed by atoms with E-state index in [2.05, 4.69) is 0 Å². The lowest BCUT2D eigenvalue weighted by molar-refractivity contribution is -0.127.